The molecule has 1 N–H and O–H groups in total. The van der Waals surface area contributed by atoms with Crippen molar-refractivity contribution >= 4 is 5.91 Å². The molecule has 0 saturated carbocycles. The molecular formula is C8H8N2O. The number of carbonyl (C=O) groups excluding carboxylic acids is 1. The minimum Gasteiger partial charge on any atom is -0.346 e. The number of fused-ring (bicyclic) bond motifs is 1. The zero-order chi connectivity index (χ0) is 7.84. The number of carbonyl (C=O) groups is 1. The number of rotatable bonds is 0. The highest BCUT2D eigenvalue weighted by Gasteiger charge is 2.18. The maximum Gasteiger partial charge on any atom is 0.253 e. The Hall–Kier alpha value is -1.38. The van der Waals surface area contributed by atoms with Crippen LogP contribution in [0.5, 0.6) is 0 Å². The Morgan fingerprint density at radius 2 is 2.45 bits per heavy atom. The lowest BCUT2D eigenvalue weighted by Gasteiger charge is -1.94. The molecule has 0 spiro atoms. The maximum atomic E-state index is 11.1. The van der Waals surface area contributed by atoms with Crippen LogP contribution in [0.4, 0.5) is 0 Å². The van der Waals surface area contributed by atoms with E-state index in [1.54, 1.807) is 6.20 Å². The third-order valence-electron chi connectivity index (χ3n) is 1.77. The molecule has 2 rings (SSSR count). The molecule has 11 heavy (non-hydrogen) atoms. The number of pyridine rings is 1. The third kappa shape index (κ3) is 0.888. The number of amides is 1. The minimum absolute atomic E-state index is 0.00352. The van der Waals surface area contributed by atoms with Crippen LogP contribution in [-0.2, 0) is 6.54 Å². The summed E-state index contributed by atoms with van der Waals surface area (Å²) in [6.07, 6.45) is 1.78. The Labute approximate surface area is 64.5 Å². The molecule has 3 heteroatoms. The maximum absolute atomic E-state index is 11.1. The van der Waals surface area contributed by atoms with Gasteiger partial charge in [0.2, 0.25) is 0 Å². The number of hydrogen-bond acceptors (Lipinski definition) is 2. The first kappa shape index (κ1) is 6.34. The second-order valence-corrected chi connectivity index (χ2v) is 2.69. The predicted molar refractivity (Wildman–Crippen MR) is 40.1 cm³/mol. The SMILES string of the molecule is Cc1cnc2c(c1)C(=O)NC2. The molecule has 0 radical (unpaired) electrons. The van der Waals surface area contributed by atoms with Gasteiger partial charge in [0.15, 0.2) is 0 Å². The van der Waals surface area contributed by atoms with Crippen LogP contribution in [-0.4, -0.2) is 10.9 Å². The van der Waals surface area contributed by atoms with Crippen LogP contribution in [0.3, 0.4) is 0 Å². The zero-order valence-electron chi connectivity index (χ0n) is 6.22. The van der Waals surface area contributed by atoms with Crippen LogP contribution in [0.25, 0.3) is 0 Å². The van der Waals surface area contributed by atoms with E-state index in [1.807, 2.05) is 13.0 Å². The molecule has 1 aliphatic rings. The van der Waals surface area contributed by atoms with E-state index in [2.05, 4.69) is 10.3 Å². The lowest BCUT2D eigenvalue weighted by Crippen LogP contribution is -2.12. The Morgan fingerprint density at radius 1 is 1.64 bits per heavy atom. The number of nitrogens with zero attached hydrogens (tertiary/aromatic N) is 1. The van der Waals surface area contributed by atoms with Gasteiger partial charge in [0, 0.05) is 6.20 Å². The van der Waals surface area contributed by atoms with Gasteiger partial charge in [-0.1, -0.05) is 0 Å². The van der Waals surface area contributed by atoms with Crippen LogP contribution in [0, 0.1) is 6.92 Å². The smallest absolute Gasteiger partial charge is 0.253 e. The van der Waals surface area contributed by atoms with E-state index in [-0.39, 0.29) is 5.91 Å². The summed E-state index contributed by atoms with van der Waals surface area (Å²) < 4.78 is 0. The van der Waals surface area contributed by atoms with Crippen molar-refractivity contribution in [2.24, 2.45) is 0 Å². The van der Waals surface area contributed by atoms with Crippen LogP contribution < -0.4 is 5.32 Å². The topological polar surface area (TPSA) is 42.0 Å². The highest BCUT2D eigenvalue weighted by atomic mass is 16.1. The first-order valence-electron chi connectivity index (χ1n) is 3.51. The molecule has 1 amide bonds. The molecule has 2 heterocycles. The number of hydrogen-bond donors (Lipinski definition) is 1. The highest BCUT2D eigenvalue weighted by molar-refractivity contribution is 5.97. The van der Waals surface area contributed by atoms with E-state index < -0.39 is 0 Å². The fourth-order valence-corrected chi connectivity index (χ4v) is 1.19. The van der Waals surface area contributed by atoms with E-state index in [1.165, 1.54) is 0 Å². The van der Waals surface area contributed by atoms with Crippen LogP contribution in [0.15, 0.2) is 12.3 Å². The fraction of sp³-hybridized carbons (Fsp3) is 0.250. The molecule has 1 aliphatic heterocycles. The van der Waals surface area contributed by atoms with E-state index in [9.17, 15) is 4.79 Å². The van der Waals surface area contributed by atoms with Crippen LogP contribution in [0.2, 0.25) is 0 Å². The summed E-state index contributed by atoms with van der Waals surface area (Å²) in [5.74, 6) is -0.00352. The molecule has 1 aromatic heterocycles. The molecule has 0 aliphatic carbocycles. The van der Waals surface area contributed by atoms with Gasteiger partial charge in [-0.3, -0.25) is 9.78 Å². The zero-order valence-corrected chi connectivity index (χ0v) is 6.22. The quantitative estimate of drug-likeness (QED) is 0.586. The van der Waals surface area contributed by atoms with Crippen molar-refractivity contribution in [1.29, 1.82) is 0 Å². The van der Waals surface area contributed by atoms with Gasteiger partial charge in [-0.15, -0.1) is 0 Å². The van der Waals surface area contributed by atoms with Crippen molar-refractivity contribution in [1.82, 2.24) is 10.3 Å². The van der Waals surface area contributed by atoms with Gasteiger partial charge in [0.05, 0.1) is 17.8 Å². The molecule has 56 valence electrons. The summed E-state index contributed by atoms with van der Waals surface area (Å²) in [5, 5.41) is 2.71. The van der Waals surface area contributed by atoms with E-state index in [0.29, 0.717) is 6.54 Å². The van der Waals surface area contributed by atoms with E-state index in [0.717, 1.165) is 16.8 Å². The average molecular weight is 148 g/mol. The fourth-order valence-electron chi connectivity index (χ4n) is 1.19. The lowest BCUT2D eigenvalue weighted by atomic mass is 10.2. The number of nitrogens with one attached hydrogen (secondary N) is 1. The van der Waals surface area contributed by atoms with Crippen molar-refractivity contribution in [3.63, 3.8) is 0 Å². The molecule has 3 nitrogen and oxygen atoms in total. The second kappa shape index (κ2) is 2.05. The Bertz CT molecular complexity index is 320. The van der Waals surface area contributed by atoms with Crippen LogP contribution in [0.1, 0.15) is 21.6 Å². The Kier molecular flexibility index (Phi) is 1.18. The monoisotopic (exact) mass is 148 g/mol. The highest BCUT2D eigenvalue weighted by Crippen LogP contribution is 2.13. The largest absolute Gasteiger partial charge is 0.346 e. The van der Waals surface area contributed by atoms with E-state index in [4.69, 9.17) is 0 Å². The summed E-state index contributed by atoms with van der Waals surface area (Å²) >= 11 is 0. The van der Waals surface area contributed by atoms with Crippen molar-refractivity contribution in [3.8, 4) is 0 Å². The normalized spacial score (nSPS) is 14.5. The third-order valence-corrected chi connectivity index (χ3v) is 1.77. The molecule has 1 aromatic rings. The minimum atomic E-state index is -0.00352. The number of aryl methyl sites for hydroxylation is 1. The lowest BCUT2D eigenvalue weighted by molar-refractivity contribution is 0.0965. The molecule has 0 fully saturated rings. The summed E-state index contributed by atoms with van der Waals surface area (Å²) in [6.45, 7) is 2.51. The van der Waals surface area contributed by atoms with Crippen molar-refractivity contribution < 1.29 is 4.79 Å². The van der Waals surface area contributed by atoms with Gasteiger partial charge < -0.3 is 5.32 Å². The van der Waals surface area contributed by atoms with Gasteiger partial charge in [-0.05, 0) is 18.6 Å². The van der Waals surface area contributed by atoms with Gasteiger partial charge in [0.1, 0.15) is 0 Å². The summed E-state index contributed by atoms with van der Waals surface area (Å²) in [6, 6.07) is 1.87. The average Bonchev–Trinajstić information content (AvgIpc) is 2.33. The molecule has 0 bridgehead atoms. The summed E-state index contributed by atoms with van der Waals surface area (Å²) in [4.78, 5) is 15.2. The van der Waals surface area contributed by atoms with Gasteiger partial charge in [-0.25, -0.2) is 0 Å². The summed E-state index contributed by atoms with van der Waals surface area (Å²) in [5.41, 5.74) is 2.62. The Balaban J connectivity index is 2.60. The number of aromatic nitrogens is 1. The van der Waals surface area contributed by atoms with Crippen molar-refractivity contribution in [2.45, 2.75) is 13.5 Å². The van der Waals surface area contributed by atoms with Crippen molar-refractivity contribution in [3.05, 3.63) is 29.1 Å². The molecule has 0 atom stereocenters. The van der Waals surface area contributed by atoms with Gasteiger partial charge in [0.25, 0.3) is 5.91 Å². The van der Waals surface area contributed by atoms with Gasteiger partial charge in [-0.2, -0.15) is 0 Å². The molecule has 0 saturated heterocycles. The van der Waals surface area contributed by atoms with Crippen LogP contribution >= 0.6 is 0 Å². The molecular weight excluding hydrogens is 140 g/mol. The first-order chi connectivity index (χ1) is 5.27. The second-order valence-electron chi connectivity index (χ2n) is 2.69. The standard InChI is InChI=1S/C8H8N2O/c1-5-2-6-7(9-3-5)4-10-8(6)11/h2-3H,4H2,1H3,(H,10,11). The molecule has 0 unspecified atom stereocenters. The van der Waals surface area contributed by atoms with Crippen molar-refractivity contribution in [2.75, 3.05) is 0 Å². The molecule has 0 aromatic carbocycles. The predicted octanol–water partition coefficient (Wildman–Crippen LogP) is 0.633. The Morgan fingerprint density at radius 3 is 3.27 bits per heavy atom. The van der Waals surface area contributed by atoms with Gasteiger partial charge >= 0.3 is 0 Å². The first-order valence-corrected chi connectivity index (χ1v) is 3.51. The van der Waals surface area contributed by atoms with E-state index >= 15 is 0 Å². The summed E-state index contributed by atoms with van der Waals surface area (Å²) in [7, 11) is 0.